The summed E-state index contributed by atoms with van der Waals surface area (Å²) in [5.74, 6) is 1.32. The number of nitrogens with one attached hydrogen (secondary N) is 1. The van der Waals surface area contributed by atoms with Gasteiger partial charge in [-0.15, -0.1) is 0 Å². The number of anilines is 1. The summed E-state index contributed by atoms with van der Waals surface area (Å²) in [4.78, 5) is 11.2. The fourth-order valence-electron chi connectivity index (χ4n) is 1.80. The molecule has 1 aromatic heterocycles. The van der Waals surface area contributed by atoms with E-state index in [1.807, 2.05) is 19.9 Å². The summed E-state index contributed by atoms with van der Waals surface area (Å²) in [5, 5.41) is 7.49. The third-order valence-electron chi connectivity index (χ3n) is 3.14. The molecule has 0 spiro atoms. The Morgan fingerprint density at radius 2 is 2.00 bits per heavy atom. The predicted octanol–water partition coefficient (Wildman–Crippen LogP) is 2.31. The number of rotatable bonds is 6. The molecule has 1 heterocycles. The van der Waals surface area contributed by atoms with E-state index in [-0.39, 0.29) is 11.8 Å². The zero-order valence-electron chi connectivity index (χ0n) is 12.6. The molecule has 106 valence electrons. The minimum atomic E-state index is 0.00608. The fourth-order valence-corrected chi connectivity index (χ4v) is 1.80. The molecule has 0 aliphatic heterocycles. The van der Waals surface area contributed by atoms with Crippen molar-refractivity contribution >= 4 is 11.8 Å². The van der Waals surface area contributed by atoms with Crippen molar-refractivity contribution in [1.29, 1.82) is 5.41 Å². The molecular formula is C14H25N5. The van der Waals surface area contributed by atoms with Crippen LogP contribution in [0.2, 0.25) is 0 Å². The van der Waals surface area contributed by atoms with E-state index < -0.39 is 0 Å². The Labute approximate surface area is 115 Å². The molecule has 0 radical (unpaired) electrons. The van der Waals surface area contributed by atoms with Crippen molar-refractivity contribution in [3.8, 4) is 0 Å². The van der Waals surface area contributed by atoms with Crippen molar-refractivity contribution < 1.29 is 0 Å². The molecule has 5 nitrogen and oxygen atoms in total. The minimum Gasteiger partial charge on any atom is -0.387 e. The highest BCUT2D eigenvalue weighted by Crippen LogP contribution is 2.17. The fraction of sp³-hybridized carbons (Fsp3) is 0.643. The van der Waals surface area contributed by atoms with Gasteiger partial charge in [-0.1, -0.05) is 20.8 Å². The van der Waals surface area contributed by atoms with Crippen molar-refractivity contribution in [1.82, 2.24) is 9.97 Å². The highest BCUT2D eigenvalue weighted by atomic mass is 15.2. The van der Waals surface area contributed by atoms with Crippen molar-refractivity contribution in [3.05, 3.63) is 17.5 Å². The van der Waals surface area contributed by atoms with Crippen LogP contribution in [0.1, 0.15) is 45.0 Å². The summed E-state index contributed by atoms with van der Waals surface area (Å²) in [6, 6.07) is 2.02. The monoisotopic (exact) mass is 263 g/mol. The lowest BCUT2D eigenvalue weighted by molar-refractivity contribution is 0.673. The molecule has 1 aromatic rings. The quantitative estimate of drug-likeness (QED) is 0.609. The Balaban J connectivity index is 3.01. The van der Waals surface area contributed by atoms with E-state index in [1.165, 1.54) is 0 Å². The number of amidine groups is 1. The van der Waals surface area contributed by atoms with E-state index in [0.717, 1.165) is 23.9 Å². The second-order valence-corrected chi connectivity index (χ2v) is 5.28. The van der Waals surface area contributed by atoms with Crippen LogP contribution in [0.15, 0.2) is 6.07 Å². The summed E-state index contributed by atoms with van der Waals surface area (Å²) in [6.07, 6.45) is 0. The second-order valence-electron chi connectivity index (χ2n) is 5.28. The van der Waals surface area contributed by atoms with Crippen molar-refractivity contribution in [2.75, 3.05) is 18.0 Å². The number of hydrogen-bond donors (Lipinski definition) is 2. The standard InChI is InChI=1S/C14H25N5/c1-6-19(8-10(4)13(15)16)14-17-11(5)7-12(18-14)9(2)3/h7,9-10H,6,8H2,1-5H3,(H3,15,16). The molecule has 0 aliphatic rings. The molecule has 0 fully saturated rings. The lowest BCUT2D eigenvalue weighted by Gasteiger charge is -2.25. The van der Waals surface area contributed by atoms with E-state index in [0.29, 0.717) is 12.5 Å². The number of aryl methyl sites for hydroxylation is 1. The summed E-state index contributed by atoms with van der Waals surface area (Å²) in [7, 11) is 0. The van der Waals surface area contributed by atoms with Gasteiger partial charge in [-0.05, 0) is 25.8 Å². The Morgan fingerprint density at radius 3 is 2.47 bits per heavy atom. The molecule has 5 heteroatoms. The van der Waals surface area contributed by atoms with E-state index in [1.54, 1.807) is 0 Å². The predicted molar refractivity (Wildman–Crippen MR) is 79.8 cm³/mol. The molecule has 0 amide bonds. The Kier molecular flexibility index (Phi) is 5.27. The normalized spacial score (nSPS) is 12.5. The first-order valence-corrected chi connectivity index (χ1v) is 6.79. The number of aromatic nitrogens is 2. The first-order chi connectivity index (χ1) is 8.85. The third-order valence-corrected chi connectivity index (χ3v) is 3.14. The summed E-state index contributed by atoms with van der Waals surface area (Å²) < 4.78 is 0. The van der Waals surface area contributed by atoms with Gasteiger partial charge in [0.15, 0.2) is 0 Å². The smallest absolute Gasteiger partial charge is 0.225 e. The Morgan fingerprint density at radius 1 is 1.37 bits per heavy atom. The first-order valence-electron chi connectivity index (χ1n) is 6.79. The maximum atomic E-state index is 7.49. The summed E-state index contributed by atoms with van der Waals surface area (Å²) >= 11 is 0. The van der Waals surface area contributed by atoms with Gasteiger partial charge in [0.05, 0.1) is 5.84 Å². The first kappa shape index (κ1) is 15.4. The van der Waals surface area contributed by atoms with Crippen LogP contribution in [-0.2, 0) is 0 Å². The van der Waals surface area contributed by atoms with Gasteiger partial charge in [-0.2, -0.15) is 0 Å². The van der Waals surface area contributed by atoms with Crippen LogP contribution in [-0.4, -0.2) is 28.9 Å². The molecule has 19 heavy (non-hydrogen) atoms. The lowest BCUT2D eigenvalue weighted by atomic mass is 10.1. The number of nitrogens with zero attached hydrogens (tertiary/aromatic N) is 3. The topological polar surface area (TPSA) is 78.9 Å². The van der Waals surface area contributed by atoms with Crippen molar-refractivity contribution in [3.63, 3.8) is 0 Å². The van der Waals surface area contributed by atoms with Gasteiger partial charge in [-0.3, -0.25) is 5.41 Å². The van der Waals surface area contributed by atoms with Crippen LogP contribution >= 0.6 is 0 Å². The lowest BCUT2D eigenvalue weighted by Crippen LogP contribution is -2.35. The Hall–Kier alpha value is -1.65. The second kappa shape index (κ2) is 6.50. The van der Waals surface area contributed by atoms with Crippen LogP contribution in [0, 0.1) is 18.3 Å². The van der Waals surface area contributed by atoms with Crippen molar-refractivity contribution in [2.24, 2.45) is 11.7 Å². The number of nitrogens with two attached hydrogens (primary N) is 1. The minimum absolute atomic E-state index is 0.00608. The van der Waals surface area contributed by atoms with Crippen LogP contribution < -0.4 is 10.6 Å². The third kappa shape index (κ3) is 4.19. The zero-order valence-corrected chi connectivity index (χ0v) is 12.6. The Bertz CT molecular complexity index is 441. The molecule has 3 N–H and O–H groups in total. The SMILES string of the molecule is CCN(CC(C)C(=N)N)c1nc(C)cc(C(C)C)n1. The van der Waals surface area contributed by atoms with E-state index in [2.05, 4.69) is 35.6 Å². The van der Waals surface area contributed by atoms with Gasteiger partial charge in [0, 0.05) is 30.4 Å². The van der Waals surface area contributed by atoms with Crippen molar-refractivity contribution in [2.45, 2.75) is 40.5 Å². The van der Waals surface area contributed by atoms with E-state index in [4.69, 9.17) is 11.1 Å². The maximum Gasteiger partial charge on any atom is 0.225 e. The van der Waals surface area contributed by atoms with Crippen LogP contribution in [0.25, 0.3) is 0 Å². The molecule has 0 aromatic carbocycles. The van der Waals surface area contributed by atoms with E-state index >= 15 is 0 Å². The molecule has 1 atom stereocenters. The van der Waals surface area contributed by atoms with Gasteiger partial charge >= 0.3 is 0 Å². The van der Waals surface area contributed by atoms with Crippen LogP contribution in [0.3, 0.4) is 0 Å². The number of hydrogen-bond acceptors (Lipinski definition) is 4. The molecule has 0 saturated carbocycles. The van der Waals surface area contributed by atoms with E-state index in [9.17, 15) is 0 Å². The highest BCUT2D eigenvalue weighted by Gasteiger charge is 2.15. The summed E-state index contributed by atoms with van der Waals surface area (Å²) in [6.45, 7) is 11.7. The average molecular weight is 263 g/mol. The molecule has 1 rings (SSSR count). The average Bonchev–Trinajstić information content (AvgIpc) is 2.34. The molecule has 0 saturated heterocycles. The highest BCUT2D eigenvalue weighted by molar-refractivity contribution is 5.79. The molecule has 0 bridgehead atoms. The summed E-state index contributed by atoms with van der Waals surface area (Å²) in [5.41, 5.74) is 7.57. The van der Waals surface area contributed by atoms with Gasteiger partial charge in [0.25, 0.3) is 0 Å². The van der Waals surface area contributed by atoms with Crippen LogP contribution in [0.5, 0.6) is 0 Å². The molecular weight excluding hydrogens is 238 g/mol. The van der Waals surface area contributed by atoms with Gasteiger partial charge in [0.2, 0.25) is 5.95 Å². The molecule has 1 unspecified atom stereocenters. The zero-order chi connectivity index (χ0) is 14.6. The largest absolute Gasteiger partial charge is 0.387 e. The molecule has 0 aliphatic carbocycles. The van der Waals surface area contributed by atoms with Gasteiger partial charge < -0.3 is 10.6 Å². The maximum absolute atomic E-state index is 7.49. The van der Waals surface area contributed by atoms with Gasteiger partial charge in [0.1, 0.15) is 0 Å². The van der Waals surface area contributed by atoms with Crippen LogP contribution in [0.4, 0.5) is 5.95 Å². The van der Waals surface area contributed by atoms with Gasteiger partial charge in [-0.25, -0.2) is 9.97 Å².